The highest BCUT2D eigenvalue weighted by molar-refractivity contribution is 7.84. The van der Waals surface area contributed by atoms with Crippen LogP contribution in [0.5, 0.6) is 0 Å². The Morgan fingerprint density at radius 3 is 2.57 bits per heavy atom. The number of hydrogen-bond acceptors (Lipinski definition) is 6. The van der Waals surface area contributed by atoms with Gasteiger partial charge in [0.05, 0.1) is 21.3 Å². The Morgan fingerprint density at radius 2 is 1.86 bits per heavy atom. The Balaban J connectivity index is 1.59. The van der Waals surface area contributed by atoms with Gasteiger partial charge in [-0.3, -0.25) is 14.3 Å². The molecule has 0 bridgehead atoms. The highest BCUT2D eigenvalue weighted by Gasteiger charge is 2.17. The molecule has 7 nitrogen and oxygen atoms in total. The molecule has 0 aliphatic rings. The Hall–Kier alpha value is -3.26. The summed E-state index contributed by atoms with van der Waals surface area (Å²) in [5, 5.41) is 6.39. The molecule has 0 radical (unpaired) electrons. The minimum atomic E-state index is -1.35. The molecule has 0 saturated carbocycles. The Kier molecular flexibility index (Phi) is 6.00. The number of anilines is 1. The van der Waals surface area contributed by atoms with E-state index in [4.69, 9.17) is 9.26 Å². The van der Waals surface area contributed by atoms with Crippen molar-refractivity contribution >= 4 is 28.6 Å². The van der Waals surface area contributed by atoms with E-state index in [0.29, 0.717) is 10.6 Å². The van der Waals surface area contributed by atoms with E-state index < -0.39 is 29.3 Å². The van der Waals surface area contributed by atoms with Crippen molar-refractivity contribution in [2.24, 2.45) is 0 Å². The van der Waals surface area contributed by atoms with Crippen molar-refractivity contribution < 1.29 is 23.1 Å². The predicted molar refractivity (Wildman–Crippen MR) is 104 cm³/mol. The second kappa shape index (κ2) is 8.62. The van der Waals surface area contributed by atoms with Gasteiger partial charge in [0.25, 0.3) is 5.91 Å². The average molecular weight is 398 g/mol. The van der Waals surface area contributed by atoms with Crippen LogP contribution >= 0.6 is 0 Å². The Morgan fingerprint density at radius 1 is 1.14 bits per heavy atom. The van der Waals surface area contributed by atoms with Gasteiger partial charge in [0.1, 0.15) is 5.69 Å². The number of esters is 1. The monoisotopic (exact) mass is 398 g/mol. The van der Waals surface area contributed by atoms with Crippen LogP contribution in [0.4, 0.5) is 5.88 Å². The van der Waals surface area contributed by atoms with Gasteiger partial charge < -0.3 is 9.26 Å². The number of carbonyl (C=O) groups is 2. The quantitative estimate of drug-likeness (QED) is 0.641. The van der Waals surface area contributed by atoms with Crippen molar-refractivity contribution in [3.8, 4) is 11.3 Å². The third kappa shape index (κ3) is 4.72. The molecule has 2 aromatic carbocycles. The van der Waals surface area contributed by atoms with E-state index in [0.717, 1.165) is 11.1 Å². The highest BCUT2D eigenvalue weighted by atomic mass is 32.2. The van der Waals surface area contributed by atoms with Gasteiger partial charge in [-0.05, 0) is 19.1 Å². The van der Waals surface area contributed by atoms with Crippen LogP contribution in [0.1, 0.15) is 15.9 Å². The van der Waals surface area contributed by atoms with E-state index in [-0.39, 0.29) is 11.4 Å². The maximum Gasteiger partial charge on any atom is 0.339 e. The normalized spacial score (nSPS) is 11.6. The van der Waals surface area contributed by atoms with Crippen LogP contribution in [0.25, 0.3) is 11.3 Å². The van der Waals surface area contributed by atoms with Gasteiger partial charge >= 0.3 is 5.97 Å². The Labute approximate surface area is 164 Å². The number of hydrogen-bond donors (Lipinski definition) is 1. The summed E-state index contributed by atoms with van der Waals surface area (Å²) in [7, 11) is -1.35. The first-order valence-corrected chi connectivity index (χ1v) is 9.93. The van der Waals surface area contributed by atoms with Crippen LogP contribution in [-0.4, -0.2) is 34.1 Å². The molecule has 28 heavy (non-hydrogen) atoms. The maximum absolute atomic E-state index is 12.2. The lowest BCUT2D eigenvalue weighted by molar-refractivity contribution is -0.119. The molecule has 8 heteroatoms. The van der Waals surface area contributed by atoms with E-state index in [2.05, 4.69) is 10.5 Å². The second-order valence-corrected chi connectivity index (χ2v) is 7.37. The van der Waals surface area contributed by atoms with Gasteiger partial charge in [-0.25, -0.2) is 4.79 Å². The molecule has 0 saturated heterocycles. The first kappa shape index (κ1) is 19.5. The van der Waals surface area contributed by atoms with Crippen LogP contribution in [0.2, 0.25) is 0 Å². The largest absolute Gasteiger partial charge is 0.452 e. The molecule has 0 aliphatic carbocycles. The van der Waals surface area contributed by atoms with Crippen LogP contribution in [-0.2, 0) is 20.3 Å². The van der Waals surface area contributed by atoms with Gasteiger partial charge in [0.15, 0.2) is 6.61 Å². The topological polar surface area (TPSA) is 98.5 Å². The summed E-state index contributed by atoms with van der Waals surface area (Å²) in [6, 6.07) is 15.7. The number of nitrogens with zero attached hydrogens (tertiary/aromatic N) is 1. The number of carbonyl (C=O) groups excluding carboxylic acids is 2. The molecular weight excluding hydrogens is 380 g/mol. The maximum atomic E-state index is 12.2. The number of aryl methyl sites for hydroxylation is 1. The van der Waals surface area contributed by atoms with Crippen LogP contribution in [0.15, 0.2) is 64.0 Å². The van der Waals surface area contributed by atoms with Crippen LogP contribution < -0.4 is 5.32 Å². The molecule has 3 rings (SSSR count). The molecule has 0 fully saturated rings. The molecule has 0 aliphatic heterocycles. The van der Waals surface area contributed by atoms with E-state index in [1.807, 2.05) is 31.2 Å². The lowest BCUT2D eigenvalue weighted by Gasteiger charge is -2.07. The van der Waals surface area contributed by atoms with Gasteiger partial charge in [-0.1, -0.05) is 47.1 Å². The fourth-order valence-corrected chi connectivity index (χ4v) is 3.19. The summed E-state index contributed by atoms with van der Waals surface area (Å²) >= 11 is 0. The SMILES string of the molecule is Cc1ccc(-c2cc(NC(=O)COC(=O)c3ccccc3[S@](C)=O)on2)cc1. The molecule has 1 amide bonds. The van der Waals surface area contributed by atoms with Gasteiger partial charge in [-0.15, -0.1) is 0 Å². The van der Waals surface area contributed by atoms with Gasteiger partial charge in [-0.2, -0.15) is 0 Å². The lowest BCUT2D eigenvalue weighted by atomic mass is 10.1. The number of ether oxygens (including phenoxy) is 1. The number of nitrogens with one attached hydrogen (secondary N) is 1. The molecule has 1 N–H and O–H groups in total. The van der Waals surface area contributed by atoms with Gasteiger partial charge in [0.2, 0.25) is 5.88 Å². The molecule has 3 aromatic rings. The number of benzene rings is 2. The van der Waals surface area contributed by atoms with Crippen molar-refractivity contribution in [3.63, 3.8) is 0 Å². The molecule has 144 valence electrons. The predicted octanol–water partition coefficient (Wildman–Crippen LogP) is 3.18. The number of rotatable bonds is 6. The third-order valence-electron chi connectivity index (χ3n) is 3.87. The molecule has 1 heterocycles. The highest BCUT2D eigenvalue weighted by Crippen LogP contribution is 2.22. The summed E-state index contributed by atoms with van der Waals surface area (Å²) in [6.45, 7) is 1.47. The summed E-state index contributed by atoms with van der Waals surface area (Å²) < 4.78 is 21.8. The first-order valence-electron chi connectivity index (χ1n) is 8.37. The van der Waals surface area contributed by atoms with Gasteiger partial charge in [0, 0.05) is 17.9 Å². The van der Waals surface area contributed by atoms with Crippen LogP contribution in [0, 0.1) is 6.92 Å². The molecule has 1 atom stereocenters. The average Bonchev–Trinajstić information content (AvgIpc) is 3.15. The van der Waals surface area contributed by atoms with E-state index >= 15 is 0 Å². The zero-order chi connectivity index (χ0) is 20.1. The third-order valence-corrected chi connectivity index (χ3v) is 4.85. The smallest absolute Gasteiger partial charge is 0.339 e. The lowest BCUT2D eigenvalue weighted by Crippen LogP contribution is -2.21. The standard InChI is InChI=1S/C20H18N2O5S/c1-13-7-9-14(10-8-13)16-11-19(27-22-16)21-18(23)12-26-20(24)15-5-3-4-6-17(15)28(2)25/h3-11H,12H2,1-2H3,(H,21,23)/t28-/m0/s1. The minimum absolute atomic E-state index is 0.145. The fourth-order valence-electron chi connectivity index (χ4n) is 2.46. The van der Waals surface area contributed by atoms with E-state index in [1.54, 1.807) is 24.3 Å². The van der Waals surface area contributed by atoms with E-state index in [9.17, 15) is 13.8 Å². The van der Waals surface area contributed by atoms with Crippen molar-refractivity contribution in [2.45, 2.75) is 11.8 Å². The molecular formula is C20H18N2O5S. The van der Waals surface area contributed by atoms with E-state index in [1.165, 1.54) is 12.3 Å². The summed E-state index contributed by atoms with van der Waals surface area (Å²) in [5.74, 6) is -1.15. The van der Waals surface area contributed by atoms with Crippen molar-refractivity contribution in [2.75, 3.05) is 18.2 Å². The fraction of sp³-hybridized carbons (Fsp3) is 0.150. The minimum Gasteiger partial charge on any atom is -0.452 e. The molecule has 0 unspecified atom stereocenters. The second-order valence-electron chi connectivity index (χ2n) is 6.02. The number of amides is 1. The summed E-state index contributed by atoms with van der Waals surface area (Å²) in [4.78, 5) is 24.5. The zero-order valence-corrected chi connectivity index (χ0v) is 16.1. The summed E-state index contributed by atoms with van der Waals surface area (Å²) in [6.07, 6.45) is 1.47. The Bertz CT molecular complexity index is 1030. The van der Waals surface area contributed by atoms with Crippen molar-refractivity contribution in [1.82, 2.24) is 5.16 Å². The number of aromatic nitrogens is 1. The van der Waals surface area contributed by atoms with Crippen LogP contribution in [0.3, 0.4) is 0 Å². The summed E-state index contributed by atoms with van der Waals surface area (Å²) in [5.41, 5.74) is 2.71. The molecule has 0 spiro atoms. The molecule has 1 aromatic heterocycles. The zero-order valence-electron chi connectivity index (χ0n) is 15.3. The van der Waals surface area contributed by atoms with Crippen molar-refractivity contribution in [1.29, 1.82) is 0 Å². The van der Waals surface area contributed by atoms with Crippen molar-refractivity contribution in [3.05, 3.63) is 65.7 Å². The first-order chi connectivity index (χ1) is 13.4.